The maximum atomic E-state index is 12.3. The number of hydrogen-bond donors (Lipinski definition) is 1. The molecule has 0 aliphatic rings. The third-order valence-electron chi connectivity index (χ3n) is 4.30. The fraction of sp³-hybridized carbons (Fsp3) is 0.238. The SMILES string of the molecule is Cc1cccc(CNC(=O)c2ccc(N(C)CCc3ccncc3)nn2)c1. The van der Waals surface area contributed by atoms with Crippen molar-refractivity contribution < 1.29 is 4.79 Å². The highest BCUT2D eigenvalue weighted by Crippen LogP contribution is 2.09. The van der Waals surface area contributed by atoms with Gasteiger partial charge in [-0.05, 0) is 48.7 Å². The maximum absolute atomic E-state index is 12.3. The molecule has 0 fully saturated rings. The number of nitrogens with zero attached hydrogens (tertiary/aromatic N) is 4. The monoisotopic (exact) mass is 361 g/mol. The second-order valence-corrected chi connectivity index (χ2v) is 6.48. The Morgan fingerprint density at radius 1 is 1.04 bits per heavy atom. The second kappa shape index (κ2) is 8.89. The fourth-order valence-electron chi connectivity index (χ4n) is 2.71. The molecular weight excluding hydrogens is 338 g/mol. The number of pyridine rings is 1. The smallest absolute Gasteiger partial charge is 0.272 e. The van der Waals surface area contributed by atoms with E-state index in [0.717, 1.165) is 24.3 Å². The van der Waals surface area contributed by atoms with Gasteiger partial charge < -0.3 is 10.2 Å². The van der Waals surface area contributed by atoms with Crippen molar-refractivity contribution in [2.75, 3.05) is 18.5 Å². The third-order valence-corrected chi connectivity index (χ3v) is 4.30. The van der Waals surface area contributed by atoms with Crippen molar-refractivity contribution in [2.24, 2.45) is 0 Å². The first-order valence-corrected chi connectivity index (χ1v) is 8.89. The molecule has 0 bridgehead atoms. The molecule has 0 spiro atoms. The first-order chi connectivity index (χ1) is 13.1. The van der Waals surface area contributed by atoms with Crippen LogP contribution >= 0.6 is 0 Å². The molecule has 0 saturated heterocycles. The zero-order valence-corrected chi connectivity index (χ0v) is 15.6. The number of likely N-dealkylation sites (N-methyl/N-ethyl adjacent to an activating group) is 1. The van der Waals surface area contributed by atoms with Gasteiger partial charge in [0.05, 0.1) is 0 Å². The maximum Gasteiger partial charge on any atom is 0.272 e. The summed E-state index contributed by atoms with van der Waals surface area (Å²) in [5.74, 6) is 0.509. The lowest BCUT2D eigenvalue weighted by atomic mass is 10.1. The molecule has 6 nitrogen and oxygen atoms in total. The van der Waals surface area contributed by atoms with E-state index in [1.807, 2.05) is 61.3 Å². The summed E-state index contributed by atoms with van der Waals surface area (Å²) in [7, 11) is 1.96. The molecule has 1 amide bonds. The van der Waals surface area contributed by atoms with Crippen LogP contribution in [0.3, 0.4) is 0 Å². The predicted octanol–water partition coefficient (Wildman–Crippen LogP) is 2.79. The summed E-state index contributed by atoms with van der Waals surface area (Å²) >= 11 is 0. The Morgan fingerprint density at radius 2 is 1.85 bits per heavy atom. The van der Waals surface area contributed by atoms with Crippen LogP contribution in [-0.4, -0.2) is 34.7 Å². The Balaban J connectivity index is 1.53. The Labute approximate surface area is 159 Å². The van der Waals surface area contributed by atoms with E-state index in [-0.39, 0.29) is 5.91 Å². The van der Waals surface area contributed by atoms with Crippen molar-refractivity contribution in [1.29, 1.82) is 0 Å². The molecule has 0 saturated carbocycles. The molecule has 1 N–H and O–H groups in total. The summed E-state index contributed by atoms with van der Waals surface area (Å²) in [4.78, 5) is 18.3. The van der Waals surface area contributed by atoms with Gasteiger partial charge in [-0.15, -0.1) is 10.2 Å². The van der Waals surface area contributed by atoms with E-state index < -0.39 is 0 Å². The van der Waals surface area contributed by atoms with Crippen molar-refractivity contribution in [3.05, 3.63) is 83.3 Å². The third kappa shape index (κ3) is 5.34. The standard InChI is InChI=1S/C21H23N5O/c1-16-4-3-5-18(14-16)15-23-21(27)19-6-7-20(25-24-19)26(2)13-10-17-8-11-22-12-9-17/h3-9,11-12,14H,10,13,15H2,1-2H3,(H,23,27). The van der Waals surface area contributed by atoms with Gasteiger partial charge in [0, 0.05) is 32.5 Å². The van der Waals surface area contributed by atoms with Crippen molar-refractivity contribution in [3.63, 3.8) is 0 Å². The molecule has 0 aliphatic carbocycles. The number of amides is 1. The Hall–Kier alpha value is -3.28. The molecule has 0 radical (unpaired) electrons. The molecule has 6 heteroatoms. The first kappa shape index (κ1) is 18.5. The van der Waals surface area contributed by atoms with E-state index in [1.54, 1.807) is 18.5 Å². The molecule has 0 unspecified atom stereocenters. The van der Waals surface area contributed by atoms with E-state index in [9.17, 15) is 4.79 Å². The lowest BCUT2D eigenvalue weighted by Gasteiger charge is -2.17. The molecule has 2 aromatic heterocycles. The molecule has 27 heavy (non-hydrogen) atoms. The summed E-state index contributed by atoms with van der Waals surface area (Å²) in [6.07, 6.45) is 4.47. The van der Waals surface area contributed by atoms with Gasteiger partial charge in [-0.2, -0.15) is 0 Å². The number of hydrogen-bond acceptors (Lipinski definition) is 5. The molecular formula is C21H23N5O. The van der Waals surface area contributed by atoms with E-state index in [4.69, 9.17) is 0 Å². The van der Waals surface area contributed by atoms with Gasteiger partial charge in [-0.25, -0.2) is 0 Å². The number of aromatic nitrogens is 3. The van der Waals surface area contributed by atoms with Crippen molar-refractivity contribution in [3.8, 4) is 0 Å². The molecule has 1 aromatic carbocycles. The normalized spacial score (nSPS) is 10.4. The van der Waals surface area contributed by atoms with Crippen LogP contribution < -0.4 is 10.2 Å². The quantitative estimate of drug-likeness (QED) is 0.701. The first-order valence-electron chi connectivity index (χ1n) is 8.89. The molecule has 0 aliphatic heterocycles. The number of aryl methyl sites for hydroxylation is 1. The lowest BCUT2D eigenvalue weighted by Crippen LogP contribution is -2.25. The van der Waals surface area contributed by atoms with Crippen LogP contribution in [0.15, 0.2) is 60.9 Å². The fourth-order valence-corrected chi connectivity index (χ4v) is 2.71. The Morgan fingerprint density at radius 3 is 2.56 bits per heavy atom. The Kier molecular flexibility index (Phi) is 6.10. The van der Waals surface area contributed by atoms with E-state index in [1.165, 1.54) is 11.1 Å². The number of anilines is 1. The average Bonchev–Trinajstić information content (AvgIpc) is 2.71. The minimum absolute atomic E-state index is 0.227. The highest BCUT2D eigenvalue weighted by Gasteiger charge is 2.10. The van der Waals surface area contributed by atoms with Gasteiger partial charge in [0.25, 0.3) is 5.91 Å². The van der Waals surface area contributed by atoms with Crippen LogP contribution in [0.25, 0.3) is 0 Å². The summed E-state index contributed by atoms with van der Waals surface area (Å²) in [6.45, 7) is 3.30. The van der Waals surface area contributed by atoms with E-state index >= 15 is 0 Å². The zero-order chi connectivity index (χ0) is 19.1. The molecule has 3 aromatic rings. The topological polar surface area (TPSA) is 71.0 Å². The van der Waals surface area contributed by atoms with Crippen LogP contribution in [0.1, 0.15) is 27.2 Å². The van der Waals surface area contributed by atoms with Gasteiger partial charge in [0.1, 0.15) is 0 Å². The van der Waals surface area contributed by atoms with Gasteiger partial charge in [-0.1, -0.05) is 29.8 Å². The number of carbonyl (C=O) groups is 1. The minimum atomic E-state index is -0.227. The zero-order valence-electron chi connectivity index (χ0n) is 15.6. The van der Waals surface area contributed by atoms with Crippen LogP contribution in [0.2, 0.25) is 0 Å². The van der Waals surface area contributed by atoms with E-state index in [0.29, 0.717) is 12.2 Å². The van der Waals surface area contributed by atoms with Crippen molar-refractivity contribution in [1.82, 2.24) is 20.5 Å². The second-order valence-electron chi connectivity index (χ2n) is 6.48. The number of benzene rings is 1. The Bertz CT molecular complexity index is 881. The highest BCUT2D eigenvalue weighted by atomic mass is 16.1. The van der Waals surface area contributed by atoms with Crippen LogP contribution in [0.5, 0.6) is 0 Å². The summed E-state index contributed by atoms with van der Waals surface area (Å²) in [5, 5.41) is 11.1. The minimum Gasteiger partial charge on any atom is -0.358 e. The molecule has 138 valence electrons. The molecule has 2 heterocycles. The molecule has 0 atom stereocenters. The van der Waals surface area contributed by atoms with Gasteiger partial charge >= 0.3 is 0 Å². The van der Waals surface area contributed by atoms with Crippen LogP contribution in [-0.2, 0) is 13.0 Å². The lowest BCUT2D eigenvalue weighted by molar-refractivity contribution is 0.0945. The highest BCUT2D eigenvalue weighted by molar-refractivity contribution is 5.92. The largest absolute Gasteiger partial charge is 0.358 e. The number of carbonyl (C=O) groups excluding carboxylic acids is 1. The summed E-state index contributed by atoms with van der Waals surface area (Å²) in [5.41, 5.74) is 3.76. The van der Waals surface area contributed by atoms with Crippen LogP contribution in [0.4, 0.5) is 5.82 Å². The summed E-state index contributed by atoms with van der Waals surface area (Å²) in [6, 6.07) is 15.6. The number of rotatable bonds is 7. The van der Waals surface area contributed by atoms with Gasteiger partial charge in [-0.3, -0.25) is 9.78 Å². The molecule has 3 rings (SSSR count). The van der Waals surface area contributed by atoms with Gasteiger partial charge in [0.2, 0.25) is 0 Å². The average molecular weight is 361 g/mol. The van der Waals surface area contributed by atoms with Gasteiger partial charge in [0.15, 0.2) is 11.5 Å². The van der Waals surface area contributed by atoms with Crippen molar-refractivity contribution >= 4 is 11.7 Å². The summed E-state index contributed by atoms with van der Waals surface area (Å²) < 4.78 is 0. The van der Waals surface area contributed by atoms with E-state index in [2.05, 4.69) is 20.5 Å². The predicted molar refractivity (Wildman–Crippen MR) is 106 cm³/mol. The van der Waals surface area contributed by atoms with Crippen LogP contribution in [0, 0.1) is 6.92 Å². The number of nitrogens with one attached hydrogen (secondary N) is 1. The van der Waals surface area contributed by atoms with Crippen molar-refractivity contribution in [2.45, 2.75) is 19.9 Å².